The minimum Gasteiger partial charge on any atom is -0.306 e. The largest absolute Gasteiger partial charge is 0.306 e. The molecule has 10 heteroatoms. The summed E-state index contributed by atoms with van der Waals surface area (Å²) < 4.78 is 16.2. The maximum atomic E-state index is 13.2. The minimum atomic E-state index is -0.454. The number of hydrogen-bond donors (Lipinski definition) is 2. The van der Waals surface area contributed by atoms with Crippen molar-refractivity contribution in [3.8, 4) is 11.6 Å². The molecule has 3 aromatic heterocycles. The van der Waals surface area contributed by atoms with E-state index in [1.54, 1.807) is 17.7 Å². The molecule has 9 nitrogen and oxygen atoms in total. The topological polar surface area (TPSA) is 110 Å². The molecule has 5 rings (SSSR count). The van der Waals surface area contributed by atoms with Crippen molar-refractivity contribution < 1.29 is 9.18 Å². The van der Waals surface area contributed by atoms with Crippen LogP contribution in [0.1, 0.15) is 27.2 Å². The van der Waals surface area contributed by atoms with Gasteiger partial charge in [-0.25, -0.2) is 9.07 Å². The molecule has 1 amide bonds. The van der Waals surface area contributed by atoms with Crippen molar-refractivity contribution in [1.82, 2.24) is 29.5 Å². The lowest BCUT2D eigenvalue weighted by Gasteiger charge is -2.11. The van der Waals surface area contributed by atoms with Gasteiger partial charge in [0.1, 0.15) is 17.0 Å². The van der Waals surface area contributed by atoms with Crippen molar-refractivity contribution >= 4 is 22.8 Å². The normalized spacial score (nSPS) is 11.2. The first-order valence-corrected chi connectivity index (χ1v) is 10.5. The number of hydrogen-bond acceptors (Lipinski definition) is 5. The molecular weight excluding hydrogens is 437 g/mol. The summed E-state index contributed by atoms with van der Waals surface area (Å²) in [5.41, 5.74) is 3.74. The molecule has 0 aliphatic carbocycles. The van der Waals surface area contributed by atoms with E-state index in [4.69, 9.17) is 0 Å². The molecule has 0 saturated carbocycles. The van der Waals surface area contributed by atoms with Crippen LogP contribution in [0.3, 0.4) is 0 Å². The Balaban J connectivity index is 1.60. The van der Waals surface area contributed by atoms with E-state index in [0.717, 1.165) is 16.8 Å². The van der Waals surface area contributed by atoms with Crippen molar-refractivity contribution in [2.24, 2.45) is 0 Å². The fraction of sp³-hybridized carbons (Fsp3) is 0.125. The fourth-order valence-electron chi connectivity index (χ4n) is 3.69. The second-order valence-electron chi connectivity index (χ2n) is 7.95. The van der Waals surface area contributed by atoms with Gasteiger partial charge in [-0.05, 0) is 62.2 Å². The highest BCUT2D eigenvalue weighted by atomic mass is 19.1. The van der Waals surface area contributed by atoms with E-state index >= 15 is 0 Å². The predicted molar refractivity (Wildman–Crippen MR) is 125 cm³/mol. The van der Waals surface area contributed by atoms with Crippen LogP contribution in [-0.2, 0) is 0 Å². The number of halogens is 1. The second-order valence-corrected chi connectivity index (χ2v) is 7.95. The van der Waals surface area contributed by atoms with E-state index in [0.29, 0.717) is 22.5 Å². The number of anilines is 1. The number of fused-ring (bicyclic) bond motifs is 1. The van der Waals surface area contributed by atoms with Crippen LogP contribution in [0.2, 0.25) is 0 Å². The molecule has 0 unspecified atom stereocenters. The van der Waals surface area contributed by atoms with Crippen LogP contribution in [0.25, 0.3) is 22.7 Å². The van der Waals surface area contributed by atoms with Crippen LogP contribution in [0, 0.1) is 26.6 Å². The number of H-pyrrole nitrogens is 1. The van der Waals surface area contributed by atoms with Crippen LogP contribution < -0.4 is 10.9 Å². The van der Waals surface area contributed by atoms with Crippen molar-refractivity contribution in [3.05, 3.63) is 93.3 Å². The van der Waals surface area contributed by atoms with Crippen LogP contribution >= 0.6 is 0 Å². The van der Waals surface area contributed by atoms with E-state index in [-0.39, 0.29) is 17.1 Å². The summed E-state index contributed by atoms with van der Waals surface area (Å²) in [5, 5.41) is 11.8. The number of benzene rings is 2. The summed E-state index contributed by atoms with van der Waals surface area (Å²) >= 11 is 0. The average Bonchev–Trinajstić information content (AvgIpc) is 3.39. The van der Waals surface area contributed by atoms with Gasteiger partial charge in [-0.1, -0.05) is 12.1 Å². The molecule has 0 radical (unpaired) electrons. The molecule has 0 atom stereocenters. The van der Waals surface area contributed by atoms with Gasteiger partial charge in [0.2, 0.25) is 5.95 Å². The van der Waals surface area contributed by atoms with E-state index in [9.17, 15) is 14.0 Å². The summed E-state index contributed by atoms with van der Waals surface area (Å²) in [6.45, 7) is 5.73. The first kappa shape index (κ1) is 21.3. The van der Waals surface area contributed by atoms with Gasteiger partial charge in [-0.2, -0.15) is 19.9 Å². The third kappa shape index (κ3) is 3.64. The van der Waals surface area contributed by atoms with Crippen LogP contribution in [0.4, 0.5) is 10.2 Å². The second kappa shape index (κ2) is 8.07. The Morgan fingerprint density at radius 3 is 2.59 bits per heavy atom. The highest BCUT2D eigenvalue weighted by molar-refractivity contribution is 6.03. The number of carbonyl (C=O) groups is 1. The Kier molecular flexibility index (Phi) is 5.05. The van der Waals surface area contributed by atoms with Crippen molar-refractivity contribution in [3.63, 3.8) is 0 Å². The molecule has 2 aromatic carbocycles. The van der Waals surface area contributed by atoms with Gasteiger partial charge in [0.25, 0.3) is 11.5 Å². The first-order chi connectivity index (χ1) is 16.3. The number of nitrogens with one attached hydrogen (secondary N) is 2. The number of aromatic amines is 1. The summed E-state index contributed by atoms with van der Waals surface area (Å²) in [5.74, 6) is -0.475. The maximum absolute atomic E-state index is 13.2. The van der Waals surface area contributed by atoms with E-state index in [1.165, 1.54) is 35.1 Å². The zero-order valence-corrected chi connectivity index (χ0v) is 18.6. The van der Waals surface area contributed by atoms with Crippen LogP contribution in [0.15, 0.2) is 59.5 Å². The molecule has 0 spiro atoms. The van der Waals surface area contributed by atoms with Crippen molar-refractivity contribution in [2.75, 3.05) is 5.32 Å². The molecule has 0 saturated heterocycles. The highest BCUT2D eigenvalue weighted by Gasteiger charge is 2.18. The summed E-state index contributed by atoms with van der Waals surface area (Å²) in [4.78, 5) is 32.9. The Labute approximate surface area is 192 Å². The predicted octanol–water partition coefficient (Wildman–Crippen LogP) is 3.61. The zero-order valence-electron chi connectivity index (χ0n) is 18.6. The molecule has 3 heterocycles. The first-order valence-electron chi connectivity index (χ1n) is 10.5. The fourth-order valence-corrected chi connectivity index (χ4v) is 3.69. The summed E-state index contributed by atoms with van der Waals surface area (Å²) in [7, 11) is 0. The Hall–Kier alpha value is -4.60. The van der Waals surface area contributed by atoms with Crippen molar-refractivity contribution in [2.45, 2.75) is 20.8 Å². The molecule has 0 fully saturated rings. The zero-order chi connectivity index (χ0) is 24.0. The van der Waals surface area contributed by atoms with Gasteiger partial charge in [0, 0.05) is 11.6 Å². The molecule has 5 aromatic rings. The maximum Gasteiger partial charge on any atom is 0.263 e. The van der Waals surface area contributed by atoms with Gasteiger partial charge < -0.3 is 5.32 Å². The molecule has 0 aliphatic heterocycles. The number of carbonyl (C=O) groups excluding carboxylic acids is 1. The lowest BCUT2D eigenvalue weighted by molar-refractivity contribution is 0.102. The Morgan fingerprint density at radius 2 is 1.82 bits per heavy atom. The lowest BCUT2D eigenvalue weighted by atomic mass is 10.1. The molecule has 0 aliphatic rings. The molecular formula is C24H20FN7O2. The average molecular weight is 457 g/mol. The van der Waals surface area contributed by atoms with E-state index in [2.05, 4.69) is 25.5 Å². The molecule has 34 heavy (non-hydrogen) atoms. The quantitative estimate of drug-likeness (QED) is 0.428. The van der Waals surface area contributed by atoms with Gasteiger partial charge >= 0.3 is 0 Å². The number of amides is 1. The standard InChI is InChI=1S/C24H20FN7O2/c1-13-5-4-6-19(15(13)3)31-21-18(12-26-31)23(34)29-24(28-21)32-20(11-14(2)30-32)27-22(33)16-7-9-17(25)10-8-16/h4-12H,1-3H3,(H,27,33)(H,28,29,34). The molecule has 170 valence electrons. The van der Waals surface area contributed by atoms with Gasteiger partial charge in [-0.15, -0.1) is 0 Å². The summed E-state index contributed by atoms with van der Waals surface area (Å²) in [6.07, 6.45) is 1.47. The smallest absolute Gasteiger partial charge is 0.263 e. The van der Waals surface area contributed by atoms with E-state index < -0.39 is 11.7 Å². The third-order valence-corrected chi connectivity index (χ3v) is 5.61. The monoisotopic (exact) mass is 457 g/mol. The Bertz CT molecular complexity index is 1610. The van der Waals surface area contributed by atoms with Crippen LogP contribution in [0.5, 0.6) is 0 Å². The minimum absolute atomic E-state index is 0.118. The SMILES string of the molecule is Cc1cc(NC(=O)c2ccc(F)cc2)n(-c2nc3c(cnn3-c3cccc(C)c3C)c(=O)[nH]2)n1. The number of aryl methyl sites for hydroxylation is 2. The van der Waals surface area contributed by atoms with Crippen LogP contribution in [-0.4, -0.2) is 35.4 Å². The van der Waals surface area contributed by atoms with E-state index in [1.807, 2.05) is 32.0 Å². The Morgan fingerprint density at radius 1 is 1.06 bits per heavy atom. The summed E-state index contributed by atoms with van der Waals surface area (Å²) in [6, 6.07) is 12.6. The van der Waals surface area contributed by atoms with Gasteiger partial charge in [0.15, 0.2) is 5.65 Å². The highest BCUT2D eigenvalue weighted by Crippen LogP contribution is 2.22. The number of nitrogens with zero attached hydrogens (tertiary/aromatic N) is 5. The van der Waals surface area contributed by atoms with Gasteiger partial charge in [-0.3, -0.25) is 14.6 Å². The molecule has 2 N–H and O–H groups in total. The number of aromatic nitrogens is 6. The number of rotatable bonds is 4. The lowest BCUT2D eigenvalue weighted by Crippen LogP contribution is -2.19. The van der Waals surface area contributed by atoms with Crippen molar-refractivity contribution in [1.29, 1.82) is 0 Å². The molecule has 0 bridgehead atoms. The third-order valence-electron chi connectivity index (χ3n) is 5.61. The van der Waals surface area contributed by atoms with Gasteiger partial charge in [0.05, 0.1) is 17.6 Å².